The maximum Gasteiger partial charge on any atom is 0.251 e. The van der Waals surface area contributed by atoms with Crippen molar-refractivity contribution >= 4 is 34.2 Å². The van der Waals surface area contributed by atoms with Crippen LogP contribution in [0.4, 0.5) is 5.00 Å². The summed E-state index contributed by atoms with van der Waals surface area (Å²) >= 11 is 1.48. The summed E-state index contributed by atoms with van der Waals surface area (Å²) in [4.78, 5) is 25.7. The summed E-state index contributed by atoms with van der Waals surface area (Å²) in [6.45, 7) is 0.210. The predicted octanol–water partition coefficient (Wildman–Crippen LogP) is 3.89. The molecule has 4 rings (SSSR count). The number of hydrogen-bond acceptors (Lipinski definition) is 5. The first kappa shape index (κ1) is 18.6. The number of nitrogens with two attached hydrogens (primary N) is 1. The van der Waals surface area contributed by atoms with Gasteiger partial charge in [0, 0.05) is 11.0 Å². The van der Waals surface area contributed by atoms with E-state index in [9.17, 15) is 9.59 Å². The van der Waals surface area contributed by atoms with Gasteiger partial charge in [-0.25, -0.2) is 0 Å². The highest BCUT2D eigenvalue weighted by Gasteiger charge is 2.23. The number of nitrogens with one attached hydrogen (secondary N) is 1. The Morgan fingerprint density at radius 3 is 2.68 bits per heavy atom. The maximum absolute atomic E-state index is 12.4. The van der Waals surface area contributed by atoms with Crippen LogP contribution in [-0.4, -0.2) is 18.6 Å². The number of fused-ring (bicyclic) bond motifs is 2. The van der Waals surface area contributed by atoms with E-state index >= 15 is 0 Å². The first-order chi connectivity index (χ1) is 13.6. The molecule has 2 aromatic rings. The second-order valence-corrected chi connectivity index (χ2v) is 8.03. The summed E-state index contributed by atoms with van der Waals surface area (Å²) in [6.07, 6.45) is 9.42. The molecule has 0 atom stereocenters. The molecule has 146 valence electrons. The number of aryl methyl sites for hydroxylation is 1. The summed E-state index contributed by atoms with van der Waals surface area (Å²) in [5, 5.41) is 3.40. The molecule has 0 unspecified atom stereocenters. The molecule has 28 heavy (non-hydrogen) atoms. The summed E-state index contributed by atoms with van der Waals surface area (Å²) < 4.78 is 10.6. The Bertz CT molecular complexity index is 948. The topological polar surface area (TPSA) is 90.7 Å². The highest BCUT2D eigenvalue weighted by atomic mass is 32.1. The summed E-state index contributed by atoms with van der Waals surface area (Å²) in [5.74, 6) is 0.586. The van der Waals surface area contributed by atoms with Gasteiger partial charge in [-0.1, -0.05) is 18.9 Å². The molecule has 1 aromatic heterocycles. The largest absolute Gasteiger partial charge is 0.454 e. The maximum atomic E-state index is 12.4. The van der Waals surface area contributed by atoms with Crippen molar-refractivity contribution in [3.63, 3.8) is 0 Å². The van der Waals surface area contributed by atoms with E-state index in [0.717, 1.165) is 43.2 Å². The van der Waals surface area contributed by atoms with Crippen LogP contribution in [0.15, 0.2) is 24.3 Å². The lowest BCUT2D eigenvalue weighted by atomic mass is 9.96. The van der Waals surface area contributed by atoms with Gasteiger partial charge in [-0.05, 0) is 55.0 Å². The number of benzene rings is 1. The predicted molar refractivity (Wildman–Crippen MR) is 109 cm³/mol. The third kappa shape index (κ3) is 3.89. The van der Waals surface area contributed by atoms with Crippen molar-refractivity contribution in [2.24, 2.45) is 5.73 Å². The van der Waals surface area contributed by atoms with E-state index in [2.05, 4.69) is 5.32 Å². The number of carbonyl (C=O) groups is 2. The van der Waals surface area contributed by atoms with Crippen LogP contribution < -0.4 is 20.5 Å². The Labute approximate surface area is 167 Å². The molecule has 0 radical (unpaired) electrons. The summed E-state index contributed by atoms with van der Waals surface area (Å²) in [7, 11) is 0. The van der Waals surface area contributed by atoms with Gasteiger partial charge in [0.25, 0.3) is 5.91 Å². The van der Waals surface area contributed by atoms with Crippen LogP contribution in [0.5, 0.6) is 11.5 Å². The van der Waals surface area contributed by atoms with Gasteiger partial charge >= 0.3 is 0 Å². The van der Waals surface area contributed by atoms with Gasteiger partial charge in [0.05, 0.1) is 5.56 Å². The summed E-state index contributed by atoms with van der Waals surface area (Å²) in [5.41, 5.74) is 7.96. The van der Waals surface area contributed by atoms with E-state index in [1.54, 1.807) is 6.08 Å². The minimum absolute atomic E-state index is 0.210. The molecule has 1 aliphatic carbocycles. The molecule has 0 bridgehead atoms. The van der Waals surface area contributed by atoms with Crippen molar-refractivity contribution in [3.05, 3.63) is 45.8 Å². The molecule has 1 aromatic carbocycles. The molecule has 3 N–H and O–H groups in total. The fraction of sp³-hybridized carbons (Fsp3) is 0.333. The Balaban J connectivity index is 1.52. The third-order valence-corrected chi connectivity index (χ3v) is 6.19. The molecule has 2 aliphatic rings. The zero-order chi connectivity index (χ0) is 19.5. The highest BCUT2D eigenvalue weighted by molar-refractivity contribution is 7.17. The molecular weight excluding hydrogens is 376 g/mol. The second kappa shape index (κ2) is 8.06. The molecule has 1 aliphatic heterocycles. The van der Waals surface area contributed by atoms with Crippen LogP contribution in [0.25, 0.3) is 6.08 Å². The quantitative estimate of drug-likeness (QED) is 0.765. The van der Waals surface area contributed by atoms with Gasteiger partial charge in [-0.15, -0.1) is 11.3 Å². The molecule has 0 saturated carbocycles. The SMILES string of the molecule is NC(=O)c1c(NC(=O)/C=C/c2ccc3c(c2)OCO3)sc2c1CCCCCC2. The number of carbonyl (C=O) groups excluding carboxylic acids is 2. The highest BCUT2D eigenvalue weighted by Crippen LogP contribution is 2.37. The smallest absolute Gasteiger partial charge is 0.251 e. The van der Waals surface area contributed by atoms with E-state index in [1.807, 2.05) is 18.2 Å². The van der Waals surface area contributed by atoms with Crippen LogP contribution in [0.3, 0.4) is 0 Å². The van der Waals surface area contributed by atoms with Crippen molar-refractivity contribution in [1.29, 1.82) is 0 Å². The molecule has 0 fully saturated rings. The van der Waals surface area contributed by atoms with Gasteiger partial charge in [0.2, 0.25) is 12.7 Å². The Morgan fingerprint density at radius 1 is 1.07 bits per heavy atom. The Morgan fingerprint density at radius 2 is 1.86 bits per heavy atom. The average Bonchev–Trinajstić information content (AvgIpc) is 3.24. The summed E-state index contributed by atoms with van der Waals surface area (Å²) in [6, 6.07) is 5.48. The Hall–Kier alpha value is -2.80. The zero-order valence-electron chi connectivity index (χ0n) is 15.5. The minimum atomic E-state index is -0.479. The van der Waals surface area contributed by atoms with Crippen LogP contribution in [0.1, 0.15) is 52.0 Å². The number of ether oxygens (including phenoxy) is 2. The van der Waals surface area contributed by atoms with Crippen LogP contribution in [-0.2, 0) is 17.6 Å². The second-order valence-electron chi connectivity index (χ2n) is 6.92. The lowest BCUT2D eigenvalue weighted by Gasteiger charge is -2.10. The monoisotopic (exact) mass is 398 g/mol. The van der Waals surface area contributed by atoms with Crippen LogP contribution >= 0.6 is 11.3 Å². The van der Waals surface area contributed by atoms with E-state index in [-0.39, 0.29) is 12.7 Å². The lowest BCUT2D eigenvalue weighted by molar-refractivity contribution is -0.111. The van der Waals surface area contributed by atoms with E-state index in [4.69, 9.17) is 15.2 Å². The number of rotatable bonds is 4. The minimum Gasteiger partial charge on any atom is -0.454 e. The number of amides is 2. The first-order valence-corrected chi connectivity index (χ1v) is 10.3. The molecule has 6 nitrogen and oxygen atoms in total. The van der Waals surface area contributed by atoms with Gasteiger partial charge in [0.15, 0.2) is 11.5 Å². The zero-order valence-corrected chi connectivity index (χ0v) is 16.3. The Kier molecular flexibility index (Phi) is 5.34. The first-order valence-electron chi connectivity index (χ1n) is 9.45. The fourth-order valence-electron chi connectivity index (χ4n) is 3.61. The van der Waals surface area contributed by atoms with Crippen molar-refractivity contribution in [3.8, 4) is 11.5 Å². The third-order valence-electron chi connectivity index (χ3n) is 4.98. The van der Waals surface area contributed by atoms with Crippen molar-refractivity contribution in [1.82, 2.24) is 0 Å². The van der Waals surface area contributed by atoms with Gasteiger partial charge < -0.3 is 20.5 Å². The molecule has 0 spiro atoms. The normalized spacial score (nSPS) is 15.7. The van der Waals surface area contributed by atoms with Gasteiger partial charge in [-0.3, -0.25) is 9.59 Å². The molecule has 7 heteroatoms. The lowest BCUT2D eigenvalue weighted by Crippen LogP contribution is -2.17. The molecule has 2 heterocycles. The number of thiophene rings is 1. The fourth-order valence-corrected chi connectivity index (χ4v) is 4.91. The molecule has 2 amide bonds. The average molecular weight is 398 g/mol. The van der Waals surface area contributed by atoms with Crippen LogP contribution in [0.2, 0.25) is 0 Å². The molecular formula is C21H22N2O4S. The molecule has 0 saturated heterocycles. The van der Waals surface area contributed by atoms with E-state index in [1.165, 1.54) is 28.7 Å². The van der Waals surface area contributed by atoms with Crippen LogP contribution in [0, 0.1) is 0 Å². The van der Waals surface area contributed by atoms with Crippen molar-refractivity contribution in [2.45, 2.75) is 38.5 Å². The standard InChI is InChI=1S/C21H22N2O4S/c22-20(25)19-14-5-3-1-2-4-6-17(14)28-21(19)23-18(24)10-8-13-7-9-15-16(11-13)27-12-26-15/h7-11H,1-6,12H2,(H2,22,25)(H,23,24)/b10-8+. The number of hydrogen-bond donors (Lipinski definition) is 2. The van der Waals surface area contributed by atoms with Gasteiger partial charge in [-0.2, -0.15) is 0 Å². The number of primary amides is 1. The number of anilines is 1. The van der Waals surface area contributed by atoms with E-state index in [0.29, 0.717) is 22.1 Å². The van der Waals surface area contributed by atoms with Gasteiger partial charge in [0.1, 0.15) is 5.00 Å². The van der Waals surface area contributed by atoms with Crippen molar-refractivity contribution in [2.75, 3.05) is 12.1 Å². The van der Waals surface area contributed by atoms with Crippen molar-refractivity contribution < 1.29 is 19.1 Å². The van der Waals surface area contributed by atoms with E-state index < -0.39 is 5.91 Å².